The molecule has 0 saturated carbocycles. The van der Waals surface area contributed by atoms with Crippen LogP contribution in [0.3, 0.4) is 0 Å². The summed E-state index contributed by atoms with van der Waals surface area (Å²) in [7, 11) is -3.48. The Labute approximate surface area is 129 Å². The van der Waals surface area contributed by atoms with Crippen LogP contribution in [0.5, 0.6) is 0 Å². The van der Waals surface area contributed by atoms with Gasteiger partial charge in [0.05, 0.1) is 4.90 Å². The van der Waals surface area contributed by atoms with Crippen molar-refractivity contribution in [3.63, 3.8) is 0 Å². The fourth-order valence-electron chi connectivity index (χ4n) is 2.14. The Morgan fingerprint density at radius 3 is 2.71 bits per heavy atom. The molecule has 0 aliphatic rings. The maximum absolute atomic E-state index is 12.3. The number of hydrogen-bond acceptors (Lipinski definition) is 4. The molecule has 116 valence electrons. The van der Waals surface area contributed by atoms with E-state index in [1.54, 1.807) is 23.6 Å². The lowest BCUT2D eigenvalue weighted by molar-refractivity contribution is 0.569. The zero-order valence-electron chi connectivity index (χ0n) is 12.2. The largest absolute Gasteiger partial charge is 0.346 e. The Balaban J connectivity index is 2.08. The van der Waals surface area contributed by atoms with Gasteiger partial charge in [0.1, 0.15) is 0 Å². The van der Waals surface area contributed by atoms with Crippen LogP contribution in [0.4, 0.5) is 0 Å². The summed E-state index contributed by atoms with van der Waals surface area (Å²) < 4.78 is 29.1. The number of nitrogens with one attached hydrogen (secondary N) is 1. The van der Waals surface area contributed by atoms with Crippen LogP contribution in [0, 0.1) is 0 Å². The first-order valence-corrected chi connectivity index (χ1v) is 9.28. The smallest absolute Gasteiger partial charge is 0.242 e. The molecule has 2 aromatic heterocycles. The Morgan fingerprint density at radius 2 is 2.19 bits per heavy atom. The molecule has 3 N–H and O–H groups in total. The van der Waals surface area contributed by atoms with Gasteiger partial charge < -0.3 is 10.3 Å². The molecule has 0 fully saturated rings. The van der Waals surface area contributed by atoms with E-state index in [4.69, 9.17) is 5.73 Å². The summed E-state index contributed by atoms with van der Waals surface area (Å²) >= 11 is 1.61. The quantitative estimate of drug-likeness (QED) is 0.817. The van der Waals surface area contributed by atoms with Crippen LogP contribution in [0.25, 0.3) is 0 Å². The van der Waals surface area contributed by atoms with Gasteiger partial charge in [0.2, 0.25) is 10.0 Å². The van der Waals surface area contributed by atoms with Gasteiger partial charge in [-0.3, -0.25) is 0 Å². The van der Waals surface area contributed by atoms with Crippen molar-refractivity contribution in [3.8, 4) is 0 Å². The number of thiophene rings is 1. The van der Waals surface area contributed by atoms with Gasteiger partial charge in [0.15, 0.2) is 0 Å². The average molecular weight is 327 g/mol. The maximum atomic E-state index is 12.3. The number of hydrogen-bond donors (Lipinski definition) is 2. The topological polar surface area (TPSA) is 77.1 Å². The van der Waals surface area contributed by atoms with E-state index in [2.05, 4.69) is 4.72 Å². The van der Waals surface area contributed by atoms with E-state index >= 15 is 0 Å². The van der Waals surface area contributed by atoms with Gasteiger partial charge in [-0.25, -0.2) is 13.1 Å². The van der Waals surface area contributed by atoms with Gasteiger partial charge in [-0.05, 0) is 48.7 Å². The Kier molecular flexibility index (Phi) is 5.21. The van der Waals surface area contributed by atoms with Crippen LogP contribution < -0.4 is 10.5 Å². The molecule has 7 heteroatoms. The van der Waals surface area contributed by atoms with Gasteiger partial charge >= 0.3 is 0 Å². The highest BCUT2D eigenvalue weighted by atomic mass is 32.2. The van der Waals surface area contributed by atoms with E-state index in [-0.39, 0.29) is 10.9 Å². The summed E-state index contributed by atoms with van der Waals surface area (Å²) in [6.45, 7) is 4.71. The second kappa shape index (κ2) is 6.74. The van der Waals surface area contributed by atoms with Crippen molar-refractivity contribution in [1.82, 2.24) is 9.29 Å². The monoisotopic (exact) mass is 327 g/mol. The summed E-state index contributed by atoms with van der Waals surface area (Å²) in [5.41, 5.74) is 7.64. The highest BCUT2D eigenvalue weighted by Gasteiger charge is 2.18. The maximum Gasteiger partial charge on any atom is 0.242 e. The summed E-state index contributed by atoms with van der Waals surface area (Å²) in [5.74, 6) is 0. The summed E-state index contributed by atoms with van der Waals surface area (Å²) in [4.78, 5) is 0.280. The van der Waals surface area contributed by atoms with E-state index in [0.29, 0.717) is 19.5 Å². The third-order valence-corrected chi connectivity index (χ3v) is 5.43. The zero-order valence-corrected chi connectivity index (χ0v) is 13.9. The predicted octanol–water partition coefficient (Wildman–Crippen LogP) is 2.11. The van der Waals surface area contributed by atoms with Crippen LogP contribution in [0.2, 0.25) is 0 Å². The van der Waals surface area contributed by atoms with Crippen LogP contribution >= 0.6 is 11.3 Å². The van der Waals surface area contributed by atoms with Crippen molar-refractivity contribution in [2.24, 2.45) is 5.73 Å². The van der Waals surface area contributed by atoms with Gasteiger partial charge in [-0.1, -0.05) is 0 Å². The molecule has 0 bridgehead atoms. The number of sulfonamides is 1. The molecular weight excluding hydrogens is 306 g/mol. The third kappa shape index (κ3) is 3.94. The SMILES string of the molecule is CC(C)n1cc(S(=O)(=O)NCCc2ccsc2)cc1CN. The normalized spacial score (nSPS) is 12.2. The van der Waals surface area contributed by atoms with E-state index in [9.17, 15) is 8.42 Å². The molecule has 0 atom stereocenters. The number of nitrogens with zero attached hydrogens (tertiary/aromatic N) is 1. The molecule has 2 heterocycles. The van der Waals surface area contributed by atoms with Crippen molar-refractivity contribution >= 4 is 21.4 Å². The summed E-state index contributed by atoms with van der Waals surface area (Å²) in [5, 5.41) is 4.01. The molecule has 21 heavy (non-hydrogen) atoms. The van der Waals surface area contributed by atoms with Crippen molar-refractivity contribution in [3.05, 3.63) is 40.3 Å². The fourth-order valence-corrected chi connectivity index (χ4v) is 3.92. The lowest BCUT2D eigenvalue weighted by Gasteiger charge is -2.10. The molecular formula is C14H21N3O2S2. The van der Waals surface area contributed by atoms with Gasteiger partial charge in [0, 0.05) is 31.0 Å². The minimum Gasteiger partial charge on any atom is -0.346 e. The van der Waals surface area contributed by atoms with Crippen molar-refractivity contribution in [2.45, 2.75) is 37.8 Å². The molecule has 0 aliphatic heterocycles. The fraction of sp³-hybridized carbons (Fsp3) is 0.429. The van der Waals surface area contributed by atoms with Crippen molar-refractivity contribution < 1.29 is 8.42 Å². The molecule has 0 radical (unpaired) electrons. The van der Waals surface area contributed by atoms with Crippen molar-refractivity contribution in [1.29, 1.82) is 0 Å². The van der Waals surface area contributed by atoms with Crippen LogP contribution in [-0.2, 0) is 23.0 Å². The lowest BCUT2D eigenvalue weighted by Crippen LogP contribution is -2.25. The Hall–Kier alpha value is -1.15. The van der Waals surface area contributed by atoms with Crippen molar-refractivity contribution in [2.75, 3.05) is 6.54 Å². The predicted molar refractivity (Wildman–Crippen MR) is 85.9 cm³/mol. The molecule has 0 aliphatic carbocycles. The minimum atomic E-state index is -3.48. The molecule has 0 spiro atoms. The standard InChI is InChI=1S/C14H21N3O2S2/c1-11(2)17-9-14(7-13(17)8-15)21(18,19)16-5-3-12-4-6-20-10-12/h4,6-7,9-11,16H,3,5,8,15H2,1-2H3. The Bertz CT molecular complexity index is 673. The molecule has 0 saturated heterocycles. The molecule has 2 rings (SSSR count). The van der Waals surface area contributed by atoms with Crippen LogP contribution in [-0.4, -0.2) is 19.5 Å². The molecule has 0 aromatic carbocycles. The summed E-state index contributed by atoms with van der Waals surface area (Å²) in [6, 6.07) is 3.83. The average Bonchev–Trinajstić information content (AvgIpc) is 3.07. The highest BCUT2D eigenvalue weighted by Crippen LogP contribution is 2.18. The first-order valence-electron chi connectivity index (χ1n) is 6.85. The van der Waals surface area contributed by atoms with E-state index in [0.717, 1.165) is 11.3 Å². The molecule has 2 aromatic rings. The molecule has 0 amide bonds. The molecule has 5 nitrogen and oxygen atoms in total. The molecule has 0 unspecified atom stereocenters. The van der Waals surface area contributed by atoms with E-state index < -0.39 is 10.0 Å². The van der Waals surface area contributed by atoms with E-state index in [1.807, 2.05) is 35.2 Å². The zero-order chi connectivity index (χ0) is 15.5. The Morgan fingerprint density at radius 1 is 1.43 bits per heavy atom. The summed E-state index contributed by atoms with van der Waals surface area (Å²) in [6.07, 6.45) is 2.34. The minimum absolute atomic E-state index is 0.179. The number of rotatable bonds is 7. The van der Waals surface area contributed by atoms with Gasteiger partial charge in [-0.15, -0.1) is 0 Å². The van der Waals surface area contributed by atoms with Crippen LogP contribution in [0.1, 0.15) is 31.1 Å². The van der Waals surface area contributed by atoms with E-state index in [1.165, 1.54) is 0 Å². The lowest BCUT2D eigenvalue weighted by atomic mass is 10.2. The number of nitrogens with two attached hydrogens (primary N) is 1. The number of aromatic nitrogens is 1. The van der Waals surface area contributed by atoms with Gasteiger partial charge in [0.25, 0.3) is 0 Å². The van der Waals surface area contributed by atoms with Gasteiger partial charge in [-0.2, -0.15) is 11.3 Å². The second-order valence-corrected chi connectivity index (χ2v) is 7.70. The first-order chi connectivity index (χ1) is 9.94. The van der Waals surface area contributed by atoms with Crippen LogP contribution in [0.15, 0.2) is 34.0 Å². The third-order valence-electron chi connectivity index (χ3n) is 3.27. The second-order valence-electron chi connectivity index (χ2n) is 5.15. The highest BCUT2D eigenvalue weighted by molar-refractivity contribution is 7.89. The first kappa shape index (κ1) is 16.2.